The zero-order chi connectivity index (χ0) is 7.98. The summed E-state index contributed by atoms with van der Waals surface area (Å²) in [5, 5.41) is 2.00. The summed E-state index contributed by atoms with van der Waals surface area (Å²) in [4.78, 5) is 0. The van der Waals surface area contributed by atoms with Crippen LogP contribution in [0.15, 0.2) is 15.9 Å². The van der Waals surface area contributed by atoms with Crippen LogP contribution in [0.2, 0.25) is 0 Å². The normalized spacial score (nSPS) is 15.6. The zero-order valence-corrected chi connectivity index (χ0v) is 7.69. The van der Waals surface area contributed by atoms with E-state index in [9.17, 15) is 0 Å². The lowest BCUT2D eigenvalue weighted by Gasteiger charge is -1.93. The van der Waals surface area contributed by atoms with E-state index in [1.54, 1.807) is 0 Å². The minimum Gasteiger partial charge on any atom is -0.232 e. The molecule has 0 radical (unpaired) electrons. The average Bonchev–Trinajstić information content (AvgIpc) is 1.85. The fraction of sp³-hybridized carbons (Fsp3) is 0.500. The second kappa shape index (κ2) is 5.42. The van der Waals surface area contributed by atoms with Gasteiger partial charge in [-0.3, -0.25) is 0 Å². The van der Waals surface area contributed by atoms with Crippen molar-refractivity contribution >= 4 is 22.8 Å². The third kappa shape index (κ3) is 5.76. The van der Waals surface area contributed by atoms with Crippen molar-refractivity contribution in [2.75, 3.05) is 0 Å². The van der Waals surface area contributed by atoms with Crippen LogP contribution in [-0.2, 0) is 0 Å². The Hall–Kier alpha value is -0.370. The molecular weight excluding hydrogens is 142 g/mol. The van der Waals surface area contributed by atoms with Gasteiger partial charge in [0.15, 0.2) is 0 Å². The Labute approximate surface area is 65.9 Å². The van der Waals surface area contributed by atoms with Gasteiger partial charge in [-0.25, -0.2) is 4.40 Å². The molecule has 0 aliphatic carbocycles. The summed E-state index contributed by atoms with van der Waals surface area (Å²) < 4.78 is 4.22. The quantitative estimate of drug-likeness (QED) is 0.441. The van der Waals surface area contributed by atoms with Crippen LogP contribution in [0.4, 0.5) is 0 Å². The van der Waals surface area contributed by atoms with Gasteiger partial charge >= 0.3 is 0 Å². The van der Waals surface area contributed by atoms with Gasteiger partial charge in [0.25, 0.3) is 0 Å². The van der Waals surface area contributed by atoms with Crippen molar-refractivity contribution in [1.82, 2.24) is 0 Å². The van der Waals surface area contributed by atoms with Crippen LogP contribution in [-0.4, -0.2) is 12.1 Å². The van der Waals surface area contributed by atoms with Crippen LogP contribution in [0.5, 0.6) is 0 Å². The van der Waals surface area contributed by atoms with E-state index in [4.69, 9.17) is 0 Å². The predicted molar refractivity (Wildman–Crippen MR) is 52.9 cm³/mol. The molecule has 10 heavy (non-hydrogen) atoms. The molecule has 0 rings (SSSR count). The third-order valence-corrected chi connectivity index (χ3v) is 1.77. The Morgan fingerprint density at radius 1 is 1.50 bits per heavy atom. The first-order valence-electron chi connectivity index (χ1n) is 3.36. The molecule has 0 heterocycles. The molecule has 0 saturated heterocycles. The van der Waals surface area contributed by atoms with Crippen LogP contribution >= 0.6 is 10.7 Å². The van der Waals surface area contributed by atoms with Crippen molar-refractivity contribution in [2.24, 2.45) is 10.3 Å². The van der Waals surface area contributed by atoms with Gasteiger partial charge in [-0.05, 0) is 24.1 Å². The number of nitrogens with zero attached hydrogens (tertiary/aromatic N) is 1. The molecule has 1 nitrogen and oxygen atoms in total. The second-order valence-electron chi connectivity index (χ2n) is 2.37. The molecule has 1 unspecified atom stereocenters. The maximum atomic E-state index is 4.22. The van der Waals surface area contributed by atoms with Gasteiger partial charge in [-0.1, -0.05) is 30.6 Å². The first-order valence-corrected chi connectivity index (χ1v) is 4.78. The van der Waals surface area contributed by atoms with Crippen molar-refractivity contribution in [2.45, 2.75) is 20.8 Å². The standard InChI is InChI=1S/C8H15NS/c1-5-6-10(4)9-7-8(2)3/h5-8H,4H2,1-3H3/b6-5-,9-7?. The minimum absolute atomic E-state index is 0.152. The van der Waals surface area contributed by atoms with E-state index in [1.165, 1.54) is 0 Å². The monoisotopic (exact) mass is 157 g/mol. The molecule has 0 N–H and O–H groups in total. The summed E-state index contributed by atoms with van der Waals surface area (Å²) in [6, 6.07) is 0. The summed E-state index contributed by atoms with van der Waals surface area (Å²) in [5.74, 6) is 4.37. The summed E-state index contributed by atoms with van der Waals surface area (Å²) in [6.07, 6.45) is 3.92. The Kier molecular flexibility index (Phi) is 5.22. The largest absolute Gasteiger partial charge is 0.232 e. The van der Waals surface area contributed by atoms with Crippen LogP contribution in [0.1, 0.15) is 20.8 Å². The van der Waals surface area contributed by atoms with Crippen LogP contribution < -0.4 is 0 Å². The lowest BCUT2D eigenvalue weighted by Crippen LogP contribution is -1.84. The Morgan fingerprint density at radius 2 is 2.10 bits per heavy atom. The minimum atomic E-state index is -0.152. The van der Waals surface area contributed by atoms with Crippen LogP contribution in [0, 0.1) is 5.92 Å². The van der Waals surface area contributed by atoms with Crippen molar-refractivity contribution in [1.29, 1.82) is 0 Å². The van der Waals surface area contributed by atoms with Crippen LogP contribution in [0.3, 0.4) is 0 Å². The van der Waals surface area contributed by atoms with E-state index < -0.39 is 0 Å². The van der Waals surface area contributed by atoms with E-state index in [2.05, 4.69) is 24.1 Å². The van der Waals surface area contributed by atoms with Gasteiger partial charge in [0, 0.05) is 6.21 Å². The lowest BCUT2D eigenvalue weighted by atomic mass is 10.3. The van der Waals surface area contributed by atoms with E-state index in [-0.39, 0.29) is 10.7 Å². The average molecular weight is 157 g/mol. The number of hydrogen-bond donors (Lipinski definition) is 0. The molecule has 0 aliphatic heterocycles. The molecule has 0 fully saturated rings. The SMILES string of the molecule is C=S(/C=C\C)N=CC(C)C. The molecular formula is C8H15NS. The number of allylic oxidation sites excluding steroid dienone is 1. The first-order chi connectivity index (χ1) is 4.66. The summed E-state index contributed by atoms with van der Waals surface area (Å²) in [7, 11) is -0.152. The zero-order valence-electron chi connectivity index (χ0n) is 6.87. The Bertz CT molecular complexity index is 157. The molecule has 58 valence electrons. The molecule has 0 aliphatic rings. The smallest absolute Gasteiger partial charge is 0.0149 e. The lowest BCUT2D eigenvalue weighted by molar-refractivity contribution is 0.910. The highest BCUT2D eigenvalue weighted by Gasteiger charge is 1.83. The van der Waals surface area contributed by atoms with Gasteiger partial charge in [-0.15, -0.1) is 0 Å². The van der Waals surface area contributed by atoms with E-state index >= 15 is 0 Å². The maximum absolute atomic E-state index is 4.22. The maximum Gasteiger partial charge on any atom is 0.0149 e. The van der Waals surface area contributed by atoms with Gasteiger partial charge in [0.05, 0.1) is 0 Å². The molecule has 1 atom stereocenters. The van der Waals surface area contributed by atoms with Crippen LogP contribution in [0.25, 0.3) is 0 Å². The highest BCUT2D eigenvalue weighted by atomic mass is 32.2. The molecule has 0 spiro atoms. The fourth-order valence-corrected chi connectivity index (χ4v) is 1.18. The predicted octanol–water partition coefficient (Wildman–Crippen LogP) is 2.86. The number of hydrogen-bond acceptors (Lipinski definition) is 1. The van der Waals surface area contributed by atoms with E-state index in [1.807, 2.05) is 24.6 Å². The topological polar surface area (TPSA) is 12.4 Å². The second-order valence-corrected chi connectivity index (χ2v) is 3.65. The molecule has 0 saturated carbocycles. The Morgan fingerprint density at radius 3 is 2.50 bits per heavy atom. The number of rotatable bonds is 3. The Balaban J connectivity index is 3.78. The van der Waals surface area contributed by atoms with Crippen molar-refractivity contribution < 1.29 is 0 Å². The summed E-state index contributed by atoms with van der Waals surface area (Å²) >= 11 is 0. The van der Waals surface area contributed by atoms with Gasteiger partial charge in [-0.2, -0.15) is 0 Å². The van der Waals surface area contributed by atoms with E-state index in [0.29, 0.717) is 5.92 Å². The highest BCUT2D eigenvalue weighted by Crippen LogP contribution is 2.11. The fourth-order valence-electron chi connectivity index (χ4n) is 0.392. The van der Waals surface area contributed by atoms with E-state index in [0.717, 1.165) is 0 Å². The summed E-state index contributed by atoms with van der Waals surface area (Å²) in [5.41, 5.74) is 0. The van der Waals surface area contributed by atoms with Gasteiger partial charge in [0.2, 0.25) is 0 Å². The molecule has 0 aromatic carbocycles. The summed E-state index contributed by atoms with van der Waals surface area (Å²) in [6.45, 7) is 6.20. The van der Waals surface area contributed by atoms with Crippen molar-refractivity contribution in [3.63, 3.8) is 0 Å². The molecule has 2 heteroatoms. The third-order valence-electron chi connectivity index (χ3n) is 0.788. The van der Waals surface area contributed by atoms with Gasteiger partial charge < -0.3 is 0 Å². The molecule has 0 bridgehead atoms. The molecule has 0 aromatic heterocycles. The van der Waals surface area contributed by atoms with Crippen molar-refractivity contribution in [3.05, 3.63) is 11.5 Å². The first kappa shape index (κ1) is 9.63. The highest BCUT2D eigenvalue weighted by molar-refractivity contribution is 8.15. The molecule has 0 amide bonds. The molecule has 0 aromatic rings. The van der Waals surface area contributed by atoms with Gasteiger partial charge in [0.1, 0.15) is 0 Å². The van der Waals surface area contributed by atoms with Crippen molar-refractivity contribution in [3.8, 4) is 0 Å².